The quantitative estimate of drug-likeness (QED) is 0.944. The van der Waals surface area contributed by atoms with Gasteiger partial charge in [-0.05, 0) is 36.8 Å². The maximum absolute atomic E-state index is 12.1. The van der Waals surface area contributed by atoms with Crippen molar-refractivity contribution < 1.29 is 9.90 Å². The summed E-state index contributed by atoms with van der Waals surface area (Å²) in [6.07, 6.45) is 5.46. The molecular weight excluding hydrogens is 278 g/mol. The predicted octanol–water partition coefficient (Wildman–Crippen LogP) is 3.45. The molecule has 2 unspecified atom stereocenters. The Morgan fingerprint density at radius 3 is 2.59 bits per heavy atom. The van der Waals surface area contributed by atoms with Crippen LogP contribution in [0.3, 0.4) is 0 Å². The minimum Gasteiger partial charge on any atom is -0.478 e. The summed E-state index contributed by atoms with van der Waals surface area (Å²) in [5, 5.41) is 9.11. The lowest BCUT2D eigenvalue weighted by Crippen LogP contribution is -2.28. The Bertz CT molecular complexity index is 721. The molecule has 114 valence electrons. The van der Waals surface area contributed by atoms with Crippen molar-refractivity contribution in [1.29, 1.82) is 0 Å². The summed E-state index contributed by atoms with van der Waals surface area (Å²) in [7, 11) is 0. The number of nitrogens with zero attached hydrogens (tertiary/aromatic N) is 1. The Balaban J connectivity index is 1.87. The molecule has 1 fully saturated rings. The fourth-order valence-electron chi connectivity index (χ4n) is 3.36. The Kier molecular flexibility index (Phi) is 4.09. The molecule has 1 saturated carbocycles. The highest BCUT2D eigenvalue weighted by molar-refractivity contribution is 5.87. The van der Waals surface area contributed by atoms with Crippen molar-refractivity contribution in [2.24, 2.45) is 0 Å². The molecule has 1 aromatic heterocycles. The Hall–Kier alpha value is -2.36. The average Bonchev–Trinajstić information content (AvgIpc) is 2.56. The van der Waals surface area contributed by atoms with Gasteiger partial charge in [0.1, 0.15) is 0 Å². The standard InChI is InChI=1S/C18H19NO3/c20-17-10-9-15(18(21)22)12-19(17)16-8-4-7-14(11-16)13-5-2-1-3-6-13/h1-3,5-6,9-10,12,14,16H,4,7-8,11H2,(H,21,22). The molecule has 1 aromatic carbocycles. The molecule has 3 rings (SSSR count). The molecule has 0 spiro atoms. The lowest BCUT2D eigenvalue weighted by molar-refractivity contribution is 0.0695. The molecule has 0 bridgehead atoms. The predicted molar refractivity (Wildman–Crippen MR) is 84.3 cm³/mol. The van der Waals surface area contributed by atoms with Gasteiger partial charge in [-0.25, -0.2) is 4.79 Å². The van der Waals surface area contributed by atoms with E-state index in [1.165, 1.54) is 23.9 Å². The number of hydrogen-bond donors (Lipinski definition) is 1. The van der Waals surface area contributed by atoms with Crippen LogP contribution in [-0.4, -0.2) is 15.6 Å². The van der Waals surface area contributed by atoms with Crippen LogP contribution >= 0.6 is 0 Å². The number of aromatic carboxylic acids is 1. The third-order valence-electron chi connectivity index (χ3n) is 4.50. The molecule has 0 amide bonds. The van der Waals surface area contributed by atoms with E-state index >= 15 is 0 Å². The maximum Gasteiger partial charge on any atom is 0.337 e. The number of hydrogen-bond acceptors (Lipinski definition) is 2. The van der Waals surface area contributed by atoms with Crippen LogP contribution in [0, 0.1) is 0 Å². The monoisotopic (exact) mass is 297 g/mol. The van der Waals surface area contributed by atoms with E-state index in [0.29, 0.717) is 5.92 Å². The van der Waals surface area contributed by atoms with Crippen molar-refractivity contribution in [3.05, 3.63) is 70.1 Å². The second-order valence-corrected chi connectivity index (χ2v) is 5.90. The fourth-order valence-corrected chi connectivity index (χ4v) is 3.36. The topological polar surface area (TPSA) is 59.3 Å². The van der Waals surface area contributed by atoms with Crippen LogP contribution in [0.15, 0.2) is 53.5 Å². The molecule has 1 N–H and O–H groups in total. The van der Waals surface area contributed by atoms with Crippen LogP contribution in [0.2, 0.25) is 0 Å². The van der Waals surface area contributed by atoms with Gasteiger partial charge in [-0.15, -0.1) is 0 Å². The van der Waals surface area contributed by atoms with Gasteiger partial charge < -0.3 is 9.67 Å². The van der Waals surface area contributed by atoms with Crippen LogP contribution in [0.5, 0.6) is 0 Å². The van der Waals surface area contributed by atoms with Crippen molar-refractivity contribution in [2.75, 3.05) is 0 Å². The number of carboxylic acids is 1. The number of aromatic nitrogens is 1. The van der Waals surface area contributed by atoms with Crippen molar-refractivity contribution in [1.82, 2.24) is 4.57 Å². The molecule has 0 saturated heterocycles. The van der Waals surface area contributed by atoms with E-state index in [4.69, 9.17) is 5.11 Å². The number of carboxylic acid groups (broad SMARTS) is 1. The summed E-state index contributed by atoms with van der Waals surface area (Å²) in [5.74, 6) is -0.565. The first-order chi connectivity index (χ1) is 10.6. The molecule has 1 aliphatic carbocycles. The average molecular weight is 297 g/mol. The third kappa shape index (κ3) is 2.96. The molecular formula is C18H19NO3. The minimum absolute atomic E-state index is 0.0748. The van der Waals surface area contributed by atoms with E-state index in [0.717, 1.165) is 25.7 Å². The Labute approximate surface area is 129 Å². The SMILES string of the molecule is O=C(O)c1ccc(=O)n(C2CCCC(c3ccccc3)C2)c1. The second kappa shape index (κ2) is 6.18. The number of pyridine rings is 1. The number of carbonyl (C=O) groups is 1. The smallest absolute Gasteiger partial charge is 0.337 e. The Morgan fingerprint density at radius 2 is 1.86 bits per heavy atom. The van der Waals surface area contributed by atoms with Gasteiger partial charge in [0, 0.05) is 18.3 Å². The van der Waals surface area contributed by atoms with E-state index in [-0.39, 0.29) is 17.2 Å². The zero-order valence-electron chi connectivity index (χ0n) is 12.3. The van der Waals surface area contributed by atoms with Gasteiger partial charge in [0.05, 0.1) is 5.56 Å². The van der Waals surface area contributed by atoms with Crippen molar-refractivity contribution in [2.45, 2.75) is 37.6 Å². The summed E-state index contributed by atoms with van der Waals surface area (Å²) in [6, 6.07) is 13.1. The first kappa shape index (κ1) is 14.6. The number of rotatable bonds is 3. The van der Waals surface area contributed by atoms with Gasteiger partial charge >= 0.3 is 5.97 Å². The van der Waals surface area contributed by atoms with E-state index in [1.807, 2.05) is 18.2 Å². The lowest BCUT2D eigenvalue weighted by Gasteiger charge is -2.31. The molecule has 4 nitrogen and oxygen atoms in total. The summed E-state index contributed by atoms with van der Waals surface area (Å²) in [4.78, 5) is 23.2. The highest BCUT2D eigenvalue weighted by Crippen LogP contribution is 2.38. The van der Waals surface area contributed by atoms with Crippen LogP contribution in [0.4, 0.5) is 0 Å². The highest BCUT2D eigenvalue weighted by atomic mass is 16.4. The first-order valence-electron chi connectivity index (χ1n) is 7.65. The minimum atomic E-state index is -0.996. The molecule has 1 heterocycles. The molecule has 22 heavy (non-hydrogen) atoms. The first-order valence-corrected chi connectivity index (χ1v) is 7.65. The van der Waals surface area contributed by atoms with Crippen LogP contribution < -0.4 is 5.56 Å². The number of benzene rings is 1. The summed E-state index contributed by atoms with van der Waals surface area (Å²) in [6.45, 7) is 0. The summed E-state index contributed by atoms with van der Waals surface area (Å²) < 4.78 is 1.61. The fraction of sp³-hybridized carbons (Fsp3) is 0.333. The lowest BCUT2D eigenvalue weighted by atomic mass is 9.81. The van der Waals surface area contributed by atoms with Gasteiger partial charge in [0.15, 0.2) is 0 Å². The van der Waals surface area contributed by atoms with Gasteiger partial charge in [-0.1, -0.05) is 36.8 Å². The maximum atomic E-state index is 12.1. The third-order valence-corrected chi connectivity index (χ3v) is 4.50. The Morgan fingerprint density at radius 1 is 1.09 bits per heavy atom. The zero-order valence-corrected chi connectivity index (χ0v) is 12.3. The largest absolute Gasteiger partial charge is 0.478 e. The van der Waals surface area contributed by atoms with Gasteiger partial charge in [-0.2, -0.15) is 0 Å². The van der Waals surface area contributed by atoms with Crippen LogP contribution in [-0.2, 0) is 0 Å². The molecule has 2 aromatic rings. The molecule has 2 atom stereocenters. The van der Waals surface area contributed by atoms with Gasteiger partial charge in [-0.3, -0.25) is 4.79 Å². The molecule has 0 radical (unpaired) electrons. The highest BCUT2D eigenvalue weighted by Gasteiger charge is 2.25. The molecule has 1 aliphatic rings. The van der Waals surface area contributed by atoms with Gasteiger partial charge in [0.2, 0.25) is 0 Å². The summed E-state index contributed by atoms with van der Waals surface area (Å²) >= 11 is 0. The van der Waals surface area contributed by atoms with E-state index in [1.54, 1.807) is 4.57 Å². The van der Waals surface area contributed by atoms with Crippen LogP contribution in [0.1, 0.15) is 53.6 Å². The molecule has 0 aliphatic heterocycles. The van der Waals surface area contributed by atoms with Crippen LogP contribution in [0.25, 0.3) is 0 Å². The van der Waals surface area contributed by atoms with Crippen molar-refractivity contribution in [3.8, 4) is 0 Å². The van der Waals surface area contributed by atoms with Crippen molar-refractivity contribution >= 4 is 5.97 Å². The van der Waals surface area contributed by atoms with Gasteiger partial charge in [0.25, 0.3) is 5.56 Å². The summed E-state index contributed by atoms with van der Waals surface area (Å²) in [5.41, 5.74) is 1.35. The second-order valence-electron chi connectivity index (χ2n) is 5.90. The molecule has 4 heteroatoms. The van der Waals surface area contributed by atoms with E-state index < -0.39 is 5.97 Å². The normalized spacial score (nSPS) is 21.5. The van der Waals surface area contributed by atoms with E-state index in [9.17, 15) is 9.59 Å². The van der Waals surface area contributed by atoms with Crippen molar-refractivity contribution in [3.63, 3.8) is 0 Å². The van der Waals surface area contributed by atoms with E-state index in [2.05, 4.69) is 12.1 Å². The zero-order chi connectivity index (χ0) is 15.5.